The number of methoxy groups -OCH3 is 2. The first kappa shape index (κ1) is 17.6. The van der Waals surface area contributed by atoms with Gasteiger partial charge in [-0.25, -0.2) is 4.79 Å². The summed E-state index contributed by atoms with van der Waals surface area (Å²) in [6.07, 6.45) is 0. The maximum Gasteiger partial charge on any atom is 0.312 e. The zero-order valence-electron chi connectivity index (χ0n) is 13.5. The first-order valence-corrected chi connectivity index (χ1v) is 6.89. The van der Waals surface area contributed by atoms with Crippen molar-refractivity contribution in [1.29, 1.82) is 0 Å². The molecule has 22 heavy (non-hydrogen) atoms. The van der Waals surface area contributed by atoms with Gasteiger partial charge < -0.3 is 25.8 Å². The number of ether oxygens (including phenoxy) is 2. The number of amides is 3. The van der Waals surface area contributed by atoms with Gasteiger partial charge in [-0.05, 0) is 44.0 Å². The normalized spacial score (nSPS) is 13.0. The van der Waals surface area contributed by atoms with Gasteiger partial charge in [-0.15, -0.1) is 0 Å². The van der Waals surface area contributed by atoms with E-state index in [9.17, 15) is 9.59 Å². The van der Waals surface area contributed by atoms with Crippen LogP contribution in [0.5, 0.6) is 11.5 Å². The fourth-order valence-corrected chi connectivity index (χ4v) is 2.16. The highest BCUT2D eigenvalue weighted by atomic mass is 16.5. The molecule has 1 aromatic rings. The third-order valence-electron chi connectivity index (χ3n) is 3.35. The predicted molar refractivity (Wildman–Crippen MR) is 83.0 cm³/mol. The third-order valence-corrected chi connectivity index (χ3v) is 3.35. The molecule has 0 bridgehead atoms. The summed E-state index contributed by atoms with van der Waals surface area (Å²) in [6.45, 7) is 5.34. The van der Waals surface area contributed by atoms with Crippen LogP contribution in [0.4, 0.5) is 4.79 Å². The van der Waals surface area contributed by atoms with Crippen molar-refractivity contribution in [2.75, 3.05) is 14.2 Å². The minimum atomic E-state index is -0.738. The number of carbonyl (C=O) groups excluding carboxylic acids is 2. The number of aryl methyl sites for hydroxylation is 1. The van der Waals surface area contributed by atoms with Gasteiger partial charge in [0, 0.05) is 0 Å². The van der Waals surface area contributed by atoms with Gasteiger partial charge >= 0.3 is 6.03 Å². The SMILES string of the molecule is COc1cc(C)c([C@@H](C)NC(=O)[C@@H](C)NC(N)=O)cc1OC. The summed E-state index contributed by atoms with van der Waals surface area (Å²) in [7, 11) is 3.12. The fourth-order valence-electron chi connectivity index (χ4n) is 2.16. The molecule has 0 aliphatic carbocycles. The molecule has 0 saturated heterocycles. The van der Waals surface area contributed by atoms with Crippen LogP contribution in [0.1, 0.15) is 31.0 Å². The molecule has 0 saturated carbocycles. The molecule has 7 nitrogen and oxygen atoms in total. The smallest absolute Gasteiger partial charge is 0.312 e. The summed E-state index contributed by atoms with van der Waals surface area (Å²) >= 11 is 0. The van der Waals surface area contributed by atoms with Crippen LogP contribution in [0.2, 0.25) is 0 Å². The number of benzene rings is 1. The summed E-state index contributed by atoms with van der Waals surface area (Å²) in [6, 6.07) is 1.97. The Balaban J connectivity index is 2.91. The average Bonchev–Trinajstić information content (AvgIpc) is 2.45. The molecule has 0 spiro atoms. The van der Waals surface area contributed by atoms with E-state index in [0.29, 0.717) is 11.5 Å². The Morgan fingerprint density at radius 2 is 1.64 bits per heavy atom. The van der Waals surface area contributed by atoms with Crippen molar-refractivity contribution in [2.24, 2.45) is 5.73 Å². The Labute approximate surface area is 130 Å². The van der Waals surface area contributed by atoms with Gasteiger partial charge in [0.25, 0.3) is 0 Å². The molecule has 0 aromatic heterocycles. The maximum atomic E-state index is 12.0. The van der Waals surface area contributed by atoms with Crippen LogP contribution in [0.3, 0.4) is 0 Å². The lowest BCUT2D eigenvalue weighted by Crippen LogP contribution is -2.47. The summed E-state index contributed by atoms with van der Waals surface area (Å²) in [5, 5.41) is 5.16. The van der Waals surface area contributed by atoms with Gasteiger partial charge in [-0.3, -0.25) is 4.79 Å². The number of rotatable bonds is 6. The van der Waals surface area contributed by atoms with Crippen molar-refractivity contribution < 1.29 is 19.1 Å². The second-order valence-corrected chi connectivity index (χ2v) is 5.02. The highest BCUT2D eigenvalue weighted by Crippen LogP contribution is 2.32. The number of hydrogen-bond acceptors (Lipinski definition) is 4. The fraction of sp³-hybridized carbons (Fsp3) is 0.467. The van der Waals surface area contributed by atoms with Crippen LogP contribution in [-0.4, -0.2) is 32.2 Å². The van der Waals surface area contributed by atoms with E-state index in [4.69, 9.17) is 15.2 Å². The van der Waals surface area contributed by atoms with Gasteiger partial charge in [0.05, 0.1) is 20.3 Å². The van der Waals surface area contributed by atoms with E-state index >= 15 is 0 Å². The molecular weight excluding hydrogens is 286 g/mol. The van der Waals surface area contributed by atoms with Crippen LogP contribution < -0.4 is 25.8 Å². The van der Waals surface area contributed by atoms with Crippen LogP contribution in [0, 0.1) is 6.92 Å². The monoisotopic (exact) mass is 309 g/mol. The first-order chi connectivity index (χ1) is 10.3. The Hall–Kier alpha value is -2.44. The van der Waals surface area contributed by atoms with Crippen molar-refractivity contribution >= 4 is 11.9 Å². The minimum Gasteiger partial charge on any atom is -0.493 e. The van der Waals surface area contributed by atoms with Crippen molar-refractivity contribution in [3.05, 3.63) is 23.3 Å². The van der Waals surface area contributed by atoms with Crippen molar-refractivity contribution in [3.8, 4) is 11.5 Å². The molecule has 0 aliphatic rings. The molecule has 0 heterocycles. The molecule has 0 radical (unpaired) electrons. The van der Waals surface area contributed by atoms with E-state index in [2.05, 4.69) is 10.6 Å². The number of primary amides is 1. The number of urea groups is 1. The standard InChI is InChI=1S/C15H23N3O4/c1-8-6-12(21-4)13(22-5)7-11(8)9(2)17-14(19)10(3)18-15(16)20/h6-7,9-10H,1-5H3,(H,17,19)(H3,16,18,20)/t9-,10-/m1/s1. The molecule has 0 fully saturated rings. The molecule has 7 heteroatoms. The molecular formula is C15H23N3O4. The van der Waals surface area contributed by atoms with Gasteiger partial charge in [0.1, 0.15) is 6.04 Å². The van der Waals surface area contributed by atoms with Crippen molar-refractivity contribution in [2.45, 2.75) is 32.9 Å². The van der Waals surface area contributed by atoms with E-state index in [1.807, 2.05) is 26.0 Å². The molecule has 1 rings (SSSR count). The van der Waals surface area contributed by atoms with Gasteiger partial charge in [0.15, 0.2) is 11.5 Å². The molecule has 1 aromatic carbocycles. The maximum absolute atomic E-state index is 12.0. The van der Waals surface area contributed by atoms with E-state index in [-0.39, 0.29) is 11.9 Å². The lowest BCUT2D eigenvalue weighted by molar-refractivity contribution is -0.123. The summed E-state index contributed by atoms with van der Waals surface area (Å²) in [5.74, 6) is 0.902. The predicted octanol–water partition coefficient (Wildman–Crippen LogP) is 1.25. The van der Waals surface area contributed by atoms with E-state index in [1.54, 1.807) is 21.1 Å². The van der Waals surface area contributed by atoms with Crippen LogP contribution in [0.25, 0.3) is 0 Å². The highest BCUT2D eigenvalue weighted by molar-refractivity contribution is 5.86. The lowest BCUT2D eigenvalue weighted by atomic mass is 10.0. The zero-order chi connectivity index (χ0) is 16.9. The molecule has 0 aliphatic heterocycles. The summed E-state index contributed by atoms with van der Waals surface area (Å²) in [5.41, 5.74) is 6.87. The average molecular weight is 309 g/mol. The zero-order valence-corrected chi connectivity index (χ0v) is 13.5. The first-order valence-electron chi connectivity index (χ1n) is 6.89. The van der Waals surface area contributed by atoms with Crippen LogP contribution >= 0.6 is 0 Å². The Morgan fingerprint density at radius 3 is 2.14 bits per heavy atom. The van der Waals surface area contributed by atoms with E-state index in [1.165, 1.54) is 0 Å². The van der Waals surface area contributed by atoms with Crippen molar-refractivity contribution in [1.82, 2.24) is 10.6 Å². The third kappa shape index (κ3) is 4.28. The topological polar surface area (TPSA) is 103 Å². The number of nitrogens with two attached hydrogens (primary N) is 1. The van der Waals surface area contributed by atoms with Gasteiger partial charge in [-0.2, -0.15) is 0 Å². The Kier molecular flexibility index (Phi) is 6.03. The summed E-state index contributed by atoms with van der Waals surface area (Å²) in [4.78, 5) is 22.8. The lowest BCUT2D eigenvalue weighted by Gasteiger charge is -2.21. The van der Waals surface area contributed by atoms with Crippen LogP contribution in [-0.2, 0) is 4.79 Å². The van der Waals surface area contributed by atoms with E-state index in [0.717, 1.165) is 11.1 Å². The quantitative estimate of drug-likeness (QED) is 0.735. The largest absolute Gasteiger partial charge is 0.493 e. The molecule has 122 valence electrons. The van der Waals surface area contributed by atoms with Crippen LogP contribution in [0.15, 0.2) is 12.1 Å². The van der Waals surface area contributed by atoms with Gasteiger partial charge in [0.2, 0.25) is 5.91 Å². The molecule has 4 N–H and O–H groups in total. The molecule has 3 amide bonds. The highest BCUT2D eigenvalue weighted by Gasteiger charge is 2.19. The van der Waals surface area contributed by atoms with E-state index < -0.39 is 12.1 Å². The molecule has 2 atom stereocenters. The second-order valence-electron chi connectivity index (χ2n) is 5.02. The number of nitrogens with one attached hydrogen (secondary N) is 2. The number of carbonyl (C=O) groups is 2. The Bertz CT molecular complexity index is 560. The summed E-state index contributed by atoms with van der Waals surface area (Å²) < 4.78 is 10.5. The Morgan fingerprint density at radius 1 is 1.09 bits per heavy atom. The van der Waals surface area contributed by atoms with Gasteiger partial charge in [-0.1, -0.05) is 0 Å². The minimum absolute atomic E-state index is 0.260. The number of hydrogen-bond donors (Lipinski definition) is 3. The van der Waals surface area contributed by atoms with Crippen molar-refractivity contribution in [3.63, 3.8) is 0 Å². The second kappa shape index (κ2) is 7.53. The molecule has 0 unspecified atom stereocenters.